The molecule has 2 aromatic carbocycles. The Kier molecular flexibility index (Phi) is 5.57. The summed E-state index contributed by atoms with van der Waals surface area (Å²) in [5.74, 6) is 1.00. The highest BCUT2D eigenvalue weighted by Crippen LogP contribution is 2.29. The Morgan fingerprint density at radius 1 is 1.25 bits per heavy atom. The molecule has 28 heavy (non-hydrogen) atoms. The van der Waals surface area contributed by atoms with E-state index in [4.69, 9.17) is 4.74 Å². The zero-order valence-electron chi connectivity index (χ0n) is 15.5. The number of nitrogens with one attached hydrogen (secondary N) is 1. The van der Waals surface area contributed by atoms with Crippen LogP contribution in [0.1, 0.15) is 30.0 Å². The number of fused-ring (bicyclic) bond motifs is 1. The number of nitrogens with zero attached hydrogens (tertiary/aromatic N) is 4. The van der Waals surface area contributed by atoms with Gasteiger partial charge in [0.15, 0.2) is 0 Å². The van der Waals surface area contributed by atoms with E-state index in [1.54, 1.807) is 11.8 Å². The zero-order valence-corrected chi connectivity index (χ0v) is 16.4. The SMILES string of the molecule is COc1ccc(-n2nnnc2SCC(=O)N[C@H]2CCCc3ccccc32)cc1. The van der Waals surface area contributed by atoms with Crippen LogP contribution in [0.5, 0.6) is 5.75 Å². The van der Waals surface area contributed by atoms with E-state index < -0.39 is 0 Å². The van der Waals surface area contributed by atoms with Gasteiger partial charge in [-0.05, 0) is 65.1 Å². The summed E-state index contributed by atoms with van der Waals surface area (Å²) < 4.78 is 6.79. The quantitative estimate of drug-likeness (QED) is 0.646. The lowest BCUT2D eigenvalue weighted by atomic mass is 9.88. The van der Waals surface area contributed by atoms with Gasteiger partial charge in [-0.2, -0.15) is 4.68 Å². The Morgan fingerprint density at radius 3 is 2.89 bits per heavy atom. The Bertz CT molecular complexity index is 957. The monoisotopic (exact) mass is 395 g/mol. The predicted molar refractivity (Wildman–Crippen MR) is 107 cm³/mol. The van der Waals surface area contributed by atoms with Gasteiger partial charge in [0.1, 0.15) is 5.75 Å². The van der Waals surface area contributed by atoms with Crippen LogP contribution in [0.2, 0.25) is 0 Å². The highest BCUT2D eigenvalue weighted by molar-refractivity contribution is 7.99. The molecule has 1 aromatic heterocycles. The Morgan fingerprint density at radius 2 is 2.07 bits per heavy atom. The standard InChI is InChI=1S/C20H21N5O2S/c1-27-16-11-9-15(10-12-16)25-20(22-23-24-25)28-13-19(26)21-18-8-4-6-14-5-2-3-7-17(14)18/h2-3,5,7,9-12,18H,4,6,8,13H2,1H3,(H,21,26)/t18-/m0/s1. The van der Waals surface area contributed by atoms with Gasteiger partial charge in [0.2, 0.25) is 11.1 Å². The van der Waals surface area contributed by atoms with Crippen LogP contribution in [0.15, 0.2) is 53.7 Å². The second kappa shape index (κ2) is 8.43. The second-order valence-electron chi connectivity index (χ2n) is 6.57. The van der Waals surface area contributed by atoms with Gasteiger partial charge in [-0.3, -0.25) is 4.79 Å². The van der Waals surface area contributed by atoms with Crippen LogP contribution in [0, 0.1) is 0 Å². The molecule has 1 amide bonds. The maximum absolute atomic E-state index is 12.5. The molecule has 0 unspecified atom stereocenters. The highest BCUT2D eigenvalue weighted by atomic mass is 32.2. The van der Waals surface area contributed by atoms with Crippen LogP contribution in [-0.4, -0.2) is 39.0 Å². The first-order valence-corrected chi connectivity index (χ1v) is 10.2. The minimum Gasteiger partial charge on any atom is -0.497 e. The molecule has 1 heterocycles. The van der Waals surface area contributed by atoms with Gasteiger partial charge >= 0.3 is 0 Å². The molecule has 1 N–H and O–H groups in total. The number of ether oxygens (including phenoxy) is 1. The van der Waals surface area contributed by atoms with E-state index in [0.717, 1.165) is 30.7 Å². The van der Waals surface area contributed by atoms with E-state index in [1.165, 1.54) is 22.9 Å². The van der Waals surface area contributed by atoms with Crippen LogP contribution in [0.3, 0.4) is 0 Å². The van der Waals surface area contributed by atoms with Crippen molar-refractivity contribution < 1.29 is 9.53 Å². The minimum absolute atomic E-state index is 0.0176. The smallest absolute Gasteiger partial charge is 0.230 e. The van der Waals surface area contributed by atoms with E-state index in [9.17, 15) is 4.79 Å². The number of hydrogen-bond acceptors (Lipinski definition) is 6. The van der Waals surface area contributed by atoms with Crippen molar-refractivity contribution in [2.75, 3.05) is 12.9 Å². The molecule has 0 aliphatic heterocycles. The summed E-state index contributed by atoms with van der Waals surface area (Å²) in [6, 6.07) is 15.9. The van der Waals surface area contributed by atoms with E-state index >= 15 is 0 Å². The summed E-state index contributed by atoms with van der Waals surface area (Å²) in [7, 11) is 1.62. The summed E-state index contributed by atoms with van der Waals surface area (Å²) in [5, 5.41) is 15.5. The third-order valence-corrected chi connectivity index (χ3v) is 5.71. The molecule has 8 heteroatoms. The molecule has 1 aliphatic carbocycles. The first-order chi connectivity index (χ1) is 13.7. The van der Waals surface area contributed by atoms with Crippen LogP contribution in [0.25, 0.3) is 5.69 Å². The number of benzene rings is 2. The van der Waals surface area contributed by atoms with Crippen molar-refractivity contribution in [3.63, 3.8) is 0 Å². The fourth-order valence-corrected chi connectivity index (χ4v) is 4.13. The lowest BCUT2D eigenvalue weighted by Crippen LogP contribution is -2.32. The van der Waals surface area contributed by atoms with Gasteiger partial charge < -0.3 is 10.1 Å². The Labute approximate surface area is 167 Å². The van der Waals surface area contributed by atoms with E-state index in [2.05, 4.69) is 39.0 Å². The molecule has 4 rings (SSSR count). The maximum Gasteiger partial charge on any atom is 0.230 e. The molecule has 1 aliphatic rings. The van der Waals surface area contributed by atoms with Crippen molar-refractivity contribution in [2.45, 2.75) is 30.5 Å². The van der Waals surface area contributed by atoms with E-state index in [1.807, 2.05) is 30.3 Å². The molecule has 144 valence electrons. The van der Waals surface area contributed by atoms with E-state index in [0.29, 0.717) is 5.16 Å². The van der Waals surface area contributed by atoms with Crippen molar-refractivity contribution in [3.8, 4) is 11.4 Å². The molecule has 7 nitrogen and oxygen atoms in total. The minimum atomic E-state index is -0.0176. The number of carbonyl (C=O) groups is 1. The van der Waals surface area contributed by atoms with E-state index in [-0.39, 0.29) is 17.7 Å². The summed E-state index contributed by atoms with van der Waals surface area (Å²) >= 11 is 1.32. The Balaban J connectivity index is 1.39. The first-order valence-electron chi connectivity index (χ1n) is 9.17. The fraction of sp³-hybridized carbons (Fsp3) is 0.300. The number of amides is 1. The van der Waals surface area contributed by atoms with Crippen molar-refractivity contribution in [1.82, 2.24) is 25.5 Å². The molecule has 0 saturated carbocycles. The topological polar surface area (TPSA) is 81.9 Å². The van der Waals surface area contributed by atoms with Gasteiger partial charge in [-0.1, -0.05) is 36.0 Å². The largest absolute Gasteiger partial charge is 0.497 e. The summed E-state index contributed by atoms with van der Waals surface area (Å²) in [5.41, 5.74) is 3.38. The molecule has 0 saturated heterocycles. The number of carbonyl (C=O) groups excluding carboxylic acids is 1. The van der Waals surface area contributed by atoms with Gasteiger partial charge in [-0.15, -0.1) is 5.10 Å². The first kappa shape index (κ1) is 18.5. The number of hydrogen-bond donors (Lipinski definition) is 1. The number of tetrazole rings is 1. The van der Waals surface area contributed by atoms with Gasteiger partial charge in [-0.25, -0.2) is 0 Å². The molecule has 0 bridgehead atoms. The van der Waals surface area contributed by atoms with Gasteiger partial charge in [0, 0.05) is 0 Å². The van der Waals surface area contributed by atoms with Gasteiger partial charge in [0.05, 0.1) is 24.6 Å². The summed E-state index contributed by atoms with van der Waals surface area (Å²) in [4.78, 5) is 12.5. The van der Waals surface area contributed by atoms with Crippen molar-refractivity contribution in [3.05, 3.63) is 59.7 Å². The number of thioether (sulfide) groups is 1. The van der Waals surface area contributed by atoms with Crippen LogP contribution < -0.4 is 10.1 Å². The summed E-state index contributed by atoms with van der Waals surface area (Å²) in [6.45, 7) is 0. The number of aryl methyl sites for hydroxylation is 1. The lowest BCUT2D eigenvalue weighted by molar-refractivity contribution is -0.119. The zero-order chi connectivity index (χ0) is 19.3. The number of rotatable bonds is 6. The third-order valence-electron chi connectivity index (χ3n) is 4.79. The Hall–Kier alpha value is -2.87. The lowest BCUT2D eigenvalue weighted by Gasteiger charge is -2.26. The molecule has 1 atom stereocenters. The maximum atomic E-state index is 12.5. The normalized spacial score (nSPS) is 15.7. The highest BCUT2D eigenvalue weighted by Gasteiger charge is 2.21. The van der Waals surface area contributed by atoms with Gasteiger partial charge in [0.25, 0.3) is 0 Å². The summed E-state index contributed by atoms with van der Waals surface area (Å²) in [6.07, 6.45) is 3.13. The van der Waals surface area contributed by atoms with Crippen molar-refractivity contribution in [2.24, 2.45) is 0 Å². The average molecular weight is 395 g/mol. The molecule has 3 aromatic rings. The number of aromatic nitrogens is 4. The van der Waals surface area contributed by atoms with Crippen LogP contribution in [-0.2, 0) is 11.2 Å². The second-order valence-corrected chi connectivity index (χ2v) is 7.51. The molecular weight excluding hydrogens is 374 g/mol. The third kappa shape index (κ3) is 4.01. The molecule has 0 radical (unpaired) electrons. The molecule has 0 fully saturated rings. The average Bonchev–Trinajstić information content (AvgIpc) is 3.21. The fourth-order valence-electron chi connectivity index (χ4n) is 3.42. The molecule has 0 spiro atoms. The number of methoxy groups -OCH3 is 1. The molecular formula is C20H21N5O2S. The predicted octanol–water partition coefficient (Wildman–Crippen LogP) is 2.96. The van der Waals surface area contributed by atoms with Crippen molar-refractivity contribution >= 4 is 17.7 Å². The van der Waals surface area contributed by atoms with Crippen LogP contribution in [0.4, 0.5) is 0 Å². The van der Waals surface area contributed by atoms with Crippen molar-refractivity contribution in [1.29, 1.82) is 0 Å². The van der Waals surface area contributed by atoms with Crippen LogP contribution >= 0.6 is 11.8 Å².